The molecule has 0 aliphatic rings. The van der Waals surface area contributed by atoms with Crippen molar-refractivity contribution in [2.24, 2.45) is 0 Å². The van der Waals surface area contributed by atoms with Crippen molar-refractivity contribution in [3.8, 4) is 5.75 Å². The lowest BCUT2D eigenvalue weighted by Crippen LogP contribution is -2.50. The molecule has 0 saturated carbocycles. The lowest BCUT2D eigenvalue weighted by atomic mass is 10.1. The van der Waals surface area contributed by atoms with Gasteiger partial charge in [-0.2, -0.15) is 0 Å². The summed E-state index contributed by atoms with van der Waals surface area (Å²) in [4.78, 5) is 23.3. The van der Waals surface area contributed by atoms with Crippen LogP contribution in [-0.4, -0.2) is 31.1 Å². The Hall–Kier alpha value is -2.04. The molecule has 0 fully saturated rings. The second kappa shape index (κ2) is 7.82. The first kappa shape index (κ1) is 18.0. The molecule has 0 aliphatic carbocycles. The molecule has 122 valence electrons. The number of carbonyl (C=O) groups excluding carboxylic acids is 2. The lowest BCUT2D eigenvalue weighted by Gasteiger charge is -2.23. The van der Waals surface area contributed by atoms with Gasteiger partial charge in [0.1, 0.15) is 11.3 Å². The van der Waals surface area contributed by atoms with Gasteiger partial charge in [0.25, 0.3) is 0 Å². The van der Waals surface area contributed by atoms with Gasteiger partial charge in [-0.25, -0.2) is 4.79 Å². The highest BCUT2D eigenvalue weighted by Crippen LogP contribution is 2.22. The maximum absolute atomic E-state index is 11.8. The van der Waals surface area contributed by atoms with Gasteiger partial charge in [-0.3, -0.25) is 4.79 Å². The van der Waals surface area contributed by atoms with Crippen molar-refractivity contribution < 1.29 is 19.1 Å². The van der Waals surface area contributed by atoms with Crippen molar-refractivity contribution in [2.45, 2.75) is 46.1 Å². The first-order chi connectivity index (χ1) is 10.3. The second-order valence-corrected chi connectivity index (χ2v) is 5.84. The van der Waals surface area contributed by atoms with Gasteiger partial charge in [-0.15, -0.1) is 0 Å². The van der Waals surface area contributed by atoms with Crippen molar-refractivity contribution in [3.05, 3.63) is 29.3 Å². The summed E-state index contributed by atoms with van der Waals surface area (Å²) >= 11 is 0. The van der Waals surface area contributed by atoms with Gasteiger partial charge in [0.15, 0.2) is 0 Å². The molecule has 0 radical (unpaired) electrons. The van der Waals surface area contributed by atoms with Crippen molar-refractivity contribution >= 4 is 11.9 Å². The molecule has 0 saturated heterocycles. The Morgan fingerprint density at radius 3 is 2.32 bits per heavy atom. The largest absolute Gasteiger partial charge is 0.493 e. The van der Waals surface area contributed by atoms with E-state index in [-0.39, 0.29) is 5.91 Å². The Morgan fingerprint density at radius 2 is 1.77 bits per heavy atom. The van der Waals surface area contributed by atoms with Crippen LogP contribution in [-0.2, 0) is 14.3 Å². The summed E-state index contributed by atoms with van der Waals surface area (Å²) in [6.07, 6.45) is 0.877. The van der Waals surface area contributed by atoms with Crippen LogP contribution in [0.3, 0.4) is 0 Å². The van der Waals surface area contributed by atoms with E-state index in [9.17, 15) is 9.59 Å². The first-order valence-electron chi connectivity index (χ1n) is 7.36. The Kier molecular flexibility index (Phi) is 6.40. The van der Waals surface area contributed by atoms with Gasteiger partial charge in [0.2, 0.25) is 5.91 Å². The number of rotatable bonds is 7. The quantitative estimate of drug-likeness (QED) is 0.621. The average molecular weight is 307 g/mol. The molecule has 0 bridgehead atoms. The summed E-state index contributed by atoms with van der Waals surface area (Å²) in [5.41, 5.74) is 1.15. The molecule has 22 heavy (non-hydrogen) atoms. The van der Waals surface area contributed by atoms with Crippen molar-refractivity contribution in [1.29, 1.82) is 0 Å². The summed E-state index contributed by atoms with van der Waals surface area (Å²) in [5.74, 6) is 0.214. The number of aryl methyl sites for hydroxylation is 2. The molecular weight excluding hydrogens is 282 g/mol. The fraction of sp³-hybridized carbons (Fsp3) is 0.529. The van der Waals surface area contributed by atoms with Crippen LogP contribution in [0.2, 0.25) is 0 Å². The van der Waals surface area contributed by atoms with E-state index in [0.29, 0.717) is 19.4 Å². The molecule has 0 atom stereocenters. The van der Waals surface area contributed by atoms with Gasteiger partial charge in [0, 0.05) is 6.42 Å². The monoisotopic (exact) mass is 307 g/mol. The van der Waals surface area contributed by atoms with Gasteiger partial charge in [-0.05, 0) is 45.2 Å². The van der Waals surface area contributed by atoms with Crippen LogP contribution >= 0.6 is 0 Å². The van der Waals surface area contributed by atoms with Crippen molar-refractivity contribution in [2.75, 3.05) is 13.7 Å². The Labute approximate surface area is 132 Å². The standard InChI is InChI=1S/C17H25NO4/c1-12-8-6-9-13(2)15(12)22-11-7-10-14(19)18-17(3,4)16(20)21-5/h6,8-9H,7,10-11H2,1-5H3,(H,18,19). The molecule has 5 nitrogen and oxygen atoms in total. The molecule has 0 aliphatic heterocycles. The van der Waals surface area contributed by atoms with Gasteiger partial charge < -0.3 is 14.8 Å². The third-order valence-corrected chi connectivity index (χ3v) is 3.35. The minimum atomic E-state index is -1.01. The van der Waals surface area contributed by atoms with Crippen LogP contribution in [0.25, 0.3) is 0 Å². The number of para-hydroxylation sites is 1. The highest BCUT2D eigenvalue weighted by Gasteiger charge is 2.30. The van der Waals surface area contributed by atoms with Crippen LogP contribution in [0.15, 0.2) is 18.2 Å². The number of hydrogen-bond acceptors (Lipinski definition) is 4. The van der Waals surface area contributed by atoms with Crippen molar-refractivity contribution in [3.63, 3.8) is 0 Å². The van der Waals surface area contributed by atoms with Crippen LogP contribution in [0.1, 0.15) is 37.8 Å². The molecule has 1 rings (SSSR count). The Bertz CT molecular complexity index is 517. The molecule has 1 N–H and O–H groups in total. The zero-order valence-electron chi connectivity index (χ0n) is 14.0. The average Bonchev–Trinajstić information content (AvgIpc) is 2.44. The molecule has 0 unspecified atom stereocenters. The van der Waals surface area contributed by atoms with Crippen LogP contribution in [0, 0.1) is 13.8 Å². The fourth-order valence-electron chi connectivity index (χ4n) is 2.15. The van der Waals surface area contributed by atoms with E-state index >= 15 is 0 Å². The van der Waals surface area contributed by atoms with E-state index in [1.807, 2.05) is 32.0 Å². The molecular formula is C17H25NO4. The fourth-order valence-corrected chi connectivity index (χ4v) is 2.15. The number of hydrogen-bond donors (Lipinski definition) is 1. The second-order valence-electron chi connectivity index (χ2n) is 5.84. The SMILES string of the molecule is COC(=O)C(C)(C)NC(=O)CCCOc1c(C)cccc1C. The molecule has 1 amide bonds. The maximum Gasteiger partial charge on any atom is 0.330 e. The molecule has 1 aromatic rings. The lowest BCUT2D eigenvalue weighted by molar-refractivity contribution is -0.149. The van der Waals surface area contributed by atoms with Gasteiger partial charge >= 0.3 is 5.97 Å². The number of ether oxygens (including phenoxy) is 2. The summed E-state index contributed by atoms with van der Waals surface area (Å²) in [6.45, 7) is 7.67. The predicted octanol–water partition coefficient (Wildman–Crippen LogP) is 2.53. The highest BCUT2D eigenvalue weighted by atomic mass is 16.5. The molecule has 0 spiro atoms. The molecule has 5 heteroatoms. The number of esters is 1. The first-order valence-corrected chi connectivity index (χ1v) is 7.36. The zero-order chi connectivity index (χ0) is 16.8. The van der Waals surface area contributed by atoms with Crippen LogP contribution in [0.4, 0.5) is 0 Å². The number of nitrogens with one attached hydrogen (secondary N) is 1. The van der Waals surface area contributed by atoms with E-state index < -0.39 is 11.5 Å². The minimum Gasteiger partial charge on any atom is -0.493 e. The summed E-state index contributed by atoms with van der Waals surface area (Å²) in [6, 6.07) is 5.97. The van der Waals surface area contributed by atoms with Crippen LogP contribution in [0.5, 0.6) is 5.75 Å². The summed E-state index contributed by atoms with van der Waals surface area (Å²) < 4.78 is 10.4. The van der Waals surface area contributed by atoms with E-state index in [1.54, 1.807) is 13.8 Å². The van der Waals surface area contributed by atoms with Crippen molar-refractivity contribution in [1.82, 2.24) is 5.32 Å². The maximum atomic E-state index is 11.8. The number of amides is 1. The van der Waals surface area contributed by atoms with Gasteiger partial charge in [-0.1, -0.05) is 18.2 Å². The number of methoxy groups -OCH3 is 1. The number of carbonyl (C=O) groups is 2. The smallest absolute Gasteiger partial charge is 0.330 e. The molecule has 0 heterocycles. The van der Waals surface area contributed by atoms with E-state index in [2.05, 4.69) is 10.1 Å². The summed E-state index contributed by atoms with van der Waals surface area (Å²) in [7, 11) is 1.30. The van der Waals surface area contributed by atoms with E-state index in [4.69, 9.17) is 4.74 Å². The Morgan fingerprint density at radius 1 is 1.18 bits per heavy atom. The van der Waals surface area contributed by atoms with Gasteiger partial charge in [0.05, 0.1) is 13.7 Å². The third kappa shape index (κ3) is 5.06. The molecule has 1 aromatic carbocycles. The highest BCUT2D eigenvalue weighted by molar-refractivity contribution is 5.87. The minimum absolute atomic E-state index is 0.194. The summed E-state index contributed by atoms with van der Waals surface area (Å²) in [5, 5.41) is 2.66. The topological polar surface area (TPSA) is 64.6 Å². The normalized spacial score (nSPS) is 11.0. The molecule has 0 aromatic heterocycles. The number of benzene rings is 1. The predicted molar refractivity (Wildman–Crippen MR) is 84.9 cm³/mol. The third-order valence-electron chi connectivity index (χ3n) is 3.35. The van der Waals surface area contributed by atoms with Crippen LogP contribution < -0.4 is 10.1 Å². The van der Waals surface area contributed by atoms with E-state index in [1.165, 1.54) is 7.11 Å². The zero-order valence-corrected chi connectivity index (χ0v) is 14.0. The van der Waals surface area contributed by atoms with E-state index in [0.717, 1.165) is 16.9 Å². The Balaban J connectivity index is 2.39.